The summed E-state index contributed by atoms with van der Waals surface area (Å²) in [5.41, 5.74) is 8.91. The molecule has 0 aromatic carbocycles. The first-order chi connectivity index (χ1) is 6.68. The van der Waals surface area contributed by atoms with E-state index in [-0.39, 0.29) is 6.04 Å². The van der Waals surface area contributed by atoms with E-state index >= 15 is 0 Å². The Balaban J connectivity index is 2.22. The molecule has 0 bridgehead atoms. The van der Waals surface area contributed by atoms with E-state index in [2.05, 4.69) is 35.0 Å². The number of allylic oxidation sites excluding steroid dienone is 1. The summed E-state index contributed by atoms with van der Waals surface area (Å²) < 4.78 is 1.21. The number of thiophene rings is 1. The molecule has 1 aliphatic carbocycles. The molecule has 14 heavy (non-hydrogen) atoms. The van der Waals surface area contributed by atoms with Crippen molar-refractivity contribution in [2.75, 3.05) is 0 Å². The smallest absolute Gasteiger partial charge is 0.0731 e. The Morgan fingerprint density at radius 2 is 2.36 bits per heavy atom. The second kappa shape index (κ2) is 4.17. The van der Waals surface area contributed by atoms with Crippen molar-refractivity contribution in [2.45, 2.75) is 32.2 Å². The van der Waals surface area contributed by atoms with E-state index in [9.17, 15) is 0 Å². The van der Waals surface area contributed by atoms with Crippen LogP contribution < -0.4 is 5.73 Å². The molecule has 76 valence electrons. The molecule has 1 aromatic heterocycles. The van der Waals surface area contributed by atoms with Crippen LogP contribution in [0.2, 0.25) is 0 Å². The van der Waals surface area contributed by atoms with E-state index < -0.39 is 0 Å². The fraction of sp³-hybridized carbons (Fsp3) is 0.455. The Kier molecular flexibility index (Phi) is 3.10. The van der Waals surface area contributed by atoms with E-state index in [0.717, 1.165) is 0 Å². The molecule has 2 N–H and O–H groups in total. The molecule has 2 rings (SSSR count). The maximum absolute atomic E-state index is 6.20. The van der Waals surface area contributed by atoms with Gasteiger partial charge in [0.05, 0.1) is 9.83 Å². The molecule has 1 aromatic rings. The highest BCUT2D eigenvalue weighted by Gasteiger charge is 2.17. The summed E-state index contributed by atoms with van der Waals surface area (Å²) >= 11 is 5.30. The van der Waals surface area contributed by atoms with Crippen LogP contribution in [0.25, 0.3) is 0 Å². The number of hydrogen-bond donors (Lipinski definition) is 1. The Bertz CT molecular complexity index is 348. The minimum absolute atomic E-state index is 0.132. The molecule has 0 spiro atoms. The molecule has 0 saturated heterocycles. The first kappa shape index (κ1) is 10.4. The van der Waals surface area contributed by atoms with Crippen LogP contribution in [0.5, 0.6) is 0 Å². The molecule has 0 aliphatic heterocycles. The summed E-state index contributed by atoms with van der Waals surface area (Å²) in [7, 11) is 0. The molecular weight excluding hydrogens is 258 g/mol. The maximum Gasteiger partial charge on any atom is 0.0731 e. The third-order valence-corrected chi connectivity index (χ3v) is 4.88. The van der Waals surface area contributed by atoms with Crippen molar-refractivity contribution in [1.29, 1.82) is 0 Å². The van der Waals surface area contributed by atoms with Crippen molar-refractivity contribution in [3.8, 4) is 0 Å². The number of aryl methyl sites for hydroxylation is 1. The zero-order valence-corrected chi connectivity index (χ0v) is 10.6. The lowest BCUT2D eigenvalue weighted by Crippen LogP contribution is -2.10. The van der Waals surface area contributed by atoms with Crippen molar-refractivity contribution in [2.24, 2.45) is 5.73 Å². The van der Waals surface area contributed by atoms with Gasteiger partial charge < -0.3 is 5.73 Å². The lowest BCUT2D eigenvalue weighted by molar-refractivity contribution is 0.796. The molecule has 0 fully saturated rings. The normalized spacial score (nSPS) is 18.4. The highest BCUT2D eigenvalue weighted by molar-refractivity contribution is 9.11. The Morgan fingerprint density at radius 3 is 2.86 bits per heavy atom. The molecule has 0 radical (unpaired) electrons. The van der Waals surface area contributed by atoms with Crippen molar-refractivity contribution < 1.29 is 0 Å². The molecule has 1 heterocycles. The van der Waals surface area contributed by atoms with Gasteiger partial charge in [0, 0.05) is 4.88 Å². The van der Waals surface area contributed by atoms with Crippen LogP contribution >= 0.6 is 27.3 Å². The number of rotatable bonds is 2. The summed E-state index contributed by atoms with van der Waals surface area (Å²) in [5.74, 6) is 0. The standard InChI is InChI=1S/C11H14BrNS/c1-7-6-9(14-11(7)12)10(13)8-4-2-3-5-8/h4,6,10H,2-3,5,13H2,1H3. The zero-order chi connectivity index (χ0) is 10.1. The minimum atomic E-state index is 0.132. The second-order valence-corrected chi connectivity index (χ2v) is 6.16. The van der Waals surface area contributed by atoms with Gasteiger partial charge in [0.2, 0.25) is 0 Å². The van der Waals surface area contributed by atoms with E-state index in [0.29, 0.717) is 0 Å². The average molecular weight is 272 g/mol. The zero-order valence-electron chi connectivity index (χ0n) is 8.22. The number of halogens is 1. The van der Waals surface area contributed by atoms with Gasteiger partial charge in [-0.15, -0.1) is 11.3 Å². The highest BCUT2D eigenvalue weighted by atomic mass is 79.9. The van der Waals surface area contributed by atoms with Gasteiger partial charge in [0.25, 0.3) is 0 Å². The largest absolute Gasteiger partial charge is 0.320 e. The Hall–Kier alpha value is -0.120. The summed E-state index contributed by atoms with van der Waals surface area (Å²) in [6.07, 6.45) is 5.95. The Labute approximate surface area is 97.1 Å². The van der Waals surface area contributed by atoms with Crippen LogP contribution in [0.15, 0.2) is 21.5 Å². The van der Waals surface area contributed by atoms with Crippen LogP contribution in [-0.2, 0) is 0 Å². The van der Waals surface area contributed by atoms with Crippen LogP contribution in [0, 0.1) is 6.92 Å². The molecule has 0 saturated carbocycles. The van der Waals surface area contributed by atoms with E-state index in [4.69, 9.17) is 5.73 Å². The third kappa shape index (κ3) is 1.95. The summed E-state index contributed by atoms with van der Waals surface area (Å²) in [6, 6.07) is 2.32. The van der Waals surface area contributed by atoms with Crippen molar-refractivity contribution >= 4 is 27.3 Å². The van der Waals surface area contributed by atoms with E-state index in [1.54, 1.807) is 11.3 Å². The first-order valence-electron chi connectivity index (χ1n) is 4.89. The van der Waals surface area contributed by atoms with Crippen LogP contribution in [0.3, 0.4) is 0 Å². The van der Waals surface area contributed by atoms with Gasteiger partial charge in [-0.3, -0.25) is 0 Å². The SMILES string of the molecule is Cc1cc(C(N)C2=CCCC2)sc1Br. The van der Waals surface area contributed by atoms with Crippen molar-refractivity contribution in [1.82, 2.24) is 0 Å². The predicted molar refractivity (Wildman–Crippen MR) is 65.6 cm³/mol. The fourth-order valence-electron chi connectivity index (χ4n) is 1.80. The summed E-state index contributed by atoms with van der Waals surface area (Å²) in [4.78, 5) is 1.28. The summed E-state index contributed by atoms with van der Waals surface area (Å²) in [5, 5.41) is 0. The fourth-order valence-corrected chi connectivity index (χ4v) is 3.41. The average Bonchev–Trinajstić information content (AvgIpc) is 2.76. The molecule has 1 nitrogen and oxygen atoms in total. The predicted octanol–water partition coefficient (Wildman–Crippen LogP) is 3.93. The van der Waals surface area contributed by atoms with Gasteiger partial charge in [0.15, 0.2) is 0 Å². The Morgan fingerprint density at radius 1 is 1.57 bits per heavy atom. The van der Waals surface area contributed by atoms with Gasteiger partial charge >= 0.3 is 0 Å². The lowest BCUT2D eigenvalue weighted by Gasteiger charge is -2.10. The molecule has 1 atom stereocenters. The topological polar surface area (TPSA) is 26.0 Å². The molecule has 0 amide bonds. The van der Waals surface area contributed by atoms with Gasteiger partial charge in [-0.1, -0.05) is 11.6 Å². The first-order valence-corrected chi connectivity index (χ1v) is 6.50. The van der Waals surface area contributed by atoms with Crippen LogP contribution in [-0.4, -0.2) is 0 Å². The monoisotopic (exact) mass is 271 g/mol. The minimum Gasteiger partial charge on any atom is -0.320 e. The van der Waals surface area contributed by atoms with Gasteiger partial charge in [-0.2, -0.15) is 0 Å². The molecular formula is C11H14BrNS. The number of hydrogen-bond acceptors (Lipinski definition) is 2. The van der Waals surface area contributed by atoms with E-state index in [1.165, 1.54) is 39.1 Å². The molecule has 1 aliphatic rings. The second-order valence-electron chi connectivity index (χ2n) is 3.75. The van der Waals surface area contributed by atoms with Crippen molar-refractivity contribution in [3.63, 3.8) is 0 Å². The van der Waals surface area contributed by atoms with Crippen LogP contribution in [0.1, 0.15) is 35.7 Å². The quantitative estimate of drug-likeness (QED) is 0.811. The lowest BCUT2D eigenvalue weighted by atomic mass is 10.1. The van der Waals surface area contributed by atoms with Crippen molar-refractivity contribution in [3.05, 3.63) is 31.9 Å². The summed E-state index contributed by atoms with van der Waals surface area (Å²) in [6.45, 7) is 2.11. The number of nitrogens with two attached hydrogens (primary N) is 1. The highest BCUT2D eigenvalue weighted by Crippen LogP contribution is 2.36. The molecule has 3 heteroatoms. The van der Waals surface area contributed by atoms with E-state index in [1.807, 2.05) is 0 Å². The maximum atomic E-state index is 6.20. The molecule has 1 unspecified atom stereocenters. The van der Waals surface area contributed by atoms with Gasteiger partial charge in [0.1, 0.15) is 0 Å². The van der Waals surface area contributed by atoms with Gasteiger partial charge in [-0.05, 0) is 53.7 Å². The third-order valence-electron chi connectivity index (χ3n) is 2.66. The van der Waals surface area contributed by atoms with Gasteiger partial charge in [-0.25, -0.2) is 0 Å². The van der Waals surface area contributed by atoms with Crippen LogP contribution in [0.4, 0.5) is 0 Å².